The highest BCUT2D eigenvalue weighted by atomic mass is 32.1. The van der Waals surface area contributed by atoms with Crippen molar-refractivity contribution in [1.29, 1.82) is 0 Å². The maximum absolute atomic E-state index is 5.45. The summed E-state index contributed by atoms with van der Waals surface area (Å²) in [6.45, 7) is 6.38. The van der Waals surface area contributed by atoms with Gasteiger partial charge < -0.3 is 10.1 Å². The van der Waals surface area contributed by atoms with Gasteiger partial charge in [0.15, 0.2) is 0 Å². The van der Waals surface area contributed by atoms with Crippen LogP contribution >= 0.6 is 12.6 Å². The molecule has 96 valence electrons. The van der Waals surface area contributed by atoms with Gasteiger partial charge in [0.25, 0.3) is 0 Å². The molecule has 1 aromatic rings. The molecule has 1 aromatic carbocycles. The van der Waals surface area contributed by atoms with Crippen molar-refractivity contribution in [2.45, 2.75) is 33.2 Å². The molecule has 0 spiro atoms. The smallest absolute Gasteiger partial charge is 0.124 e. The van der Waals surface area contributed by atoms with Crippen LogP contribution in [0.15, 0.2) is 6.07 Å². The van der Waals surface area contributed by atoms with Crippen molar-refractivity contribution in [2.24, 2.45) is 0 Å². The van der Waals surface area contributed by atoms with Crippen molar-refractivity contribution < 1.29 is 4.74 Å². The van der Waals surface area contributed by atoms with Gasteiger partial charge in [-0.15, -0.1) is 0 Å². The third kappa shape index (κ3) is 2.96. The molecule has 2 nitrogen and oxygen atoms in total. The number of benzene rings is 1. The van der Waals surface area contributed by atoms with E-state index in [4.69, 9.17) is 4.74 Å². The highest BCUT2D eigenvalue weighted by Gasteiger charge is 2.16. The molecule has 0 aliphatic rings. The number of thiol groups is 1. The van der Waals surface area contributed by atoms with Crippen LogP contribution < -0.4 is 10.1 Å². The zero-order valence-corrected chi connectivity index (χ0v) is 12.3. The second-order valence-electron chi connectivity index (χ2n) is 4.42. The van der Waals surface area contributed by atoms with Gasteiger partial charge in [0.2, 0.25) is 0 Å². The molecule has 0 aliphatic heterocycles. The minimum Gasteiger partial charge on any atom is -0.496 e. The lowest BCUT2D eigenvalue weighted by atomic mass is 9.93. The summed E-state index contributed by atoms with van der Waals surface area (Å²) < 4.78 is 5.45. The third-order valence-corrected chi connectivity index (χ3v) is 3.67. The average Bonchev–Trinajstić information content (AvgIpc) is 2.32. The number of ether oxygens (including phenoxy) is 1. The maximum atomic E-state index is 5.45. The molecule has 0 aromatic heterocycles. The Morgan fingerprint density at radius 3 is 2.41 bits per heavy atom. The summed E-state index contributed by atoms with van der Waals surface area (Å²) in [4.78, 5) is 0. The highest BCUT2D eigenvalue weighted by molar-refractivity contribution is 7.80. The molecule has 3 heteroatoms. The summed E-state index contributed by atoms with van der Waals surface area (Å²) in [6.07, 6.45) is 1.03. The largest absolute Gasteiger partial charge is 0.496 e. The second-order valence-corrected chi connectivity index (χ2v) is 4.87. The van der Waals surface area contributed by atoms with Crippen LogP contribution in [-0.4, -0.2) is 19.9 Å². The fourth-order valence-corrected chi connectivity index (χ4v) is 2.61. The molecular formula is C14H23NOS. The van der Waals surface area contributed by atoms with Crippen LogP contribution in [0.5, 0.6) is 5.75 Å². The van der Waals surface area contributed by atoms with Crippen molar-refractivity contribution in [3.63, 3.8) is 0 Å². The van der Waals surface area contributed by atoms with E-state index in [0.717, 1.165) is 17.9 Å². The Labute approximate surface area is 110 Å². The predicted octanol–water partition coefficient (Wildman–Crippen LogP) is 3.20. The van der Waals surface area contributed by atoms with E-state index in [-0.39, 0.29) is 0 Å². The molecule has 0 fully saturated rings. The van der Waals surface area contributed by atoms with Crippen LogP contribution in [0.2, 0.25) is 0 Å². The third-order valence-electron chi connectivity index (χ3n) is 3.41. The van der Waals surface area contributed by atoms with Gasteiger partial charge in [0.1, 0.15) is 5.75 Å². The monoisotopic (exact) mass is 253 g/mol. The molecule has 1 rings (SSSR count). The summed E-state index contributed by atoms with van der Waals surface area (Å²) in [5.41, 5.74) is 5.11. The average molecular weight is 253 g/mol. The van der Waals surface area contributed by atoms with Gasteiger partial charge in [-0.3, -0.25) is 0 Å². The molecular weight excluding hydrogens is 230 g/mol. The lowest BCUT2D eigenvalue weighted by molar-refractivity contribution is 0.407. The Hall–Kier alpha value is -0.670. The van der Waals surface area contributed by atoms with Gasteiger partial charge in [-0.1, -0.05) is 6.07 Å². The summed E-state index contributed by atoms with van der Waals surface area (Å²) in [5.74, 6) is 1.89. The Morgan fingerprint density at radius 1 is 1.29 bits per heavy atom. The van der Waals surface area contributed by atoms with E-state index in [1.165, 1.54) is 22.3 Å². The van der Waals surface area contributed by atoms with Gasteiger partial charge in [0, 0.05) is 6.04 Å². The first-order valence-electron chi connectivity index (χ1n) is 5.99. The van der Waals surface area contributed by atoms with Crippen LogP contribution in [0.4, 0.5) is 0 Å². The minimum absolute atomic E-state index is 0.371. The lowest BCUT2D eigenvalue weighted by Gasteiger charge is -2.22. The van der Waals surface area contributed by atoms with Gasteiger partial charge in [-0.25, -0.2) is 0 Å². The number of nitrogens with one attached hydrogen (secondary N) is 1. The van der Waals surface area contributed by atoms with Gasteiger partial charge >= 0.3 is 0 Å². The first-order chi connectivity index (χ1) is 8.06. The quantitative estimate of drug-likeness (QED) is 0.786. The zero-order valence-electron chi connectivity index (χ0n) is 11.4. The van der Waals surface area contributed by atoms with Crippen LogP contribution in [0.1, 0.15) is 34.7 Å². The zero-order chi connectivity index (χ0) is 13.0. The van der Waals surface area contributed by atoms with Gasteiger partial charge in [0.05, 0.1) is 7.11 Å². The molecule has 0 radical (unpaired) electrons. The number of hydrogen-bond acceptors (Lipinski definition) is 3. The van der Waals surface area contributed by atoms with Crippen LogP contribution in [-0.2, 0) is 0 Å². The molecule has 0 aliphatic carbocycles. The first-order valence-corrected chi connectivity index (χ1v) is 6.62. The topological polar surface area (TPSA) is 21.3 Å². The molecule has 0 heterocycles. The SMILES string of the molecule is CNC(CCS)c1cc(C)c(OC)c(C)c1C. The number of hydrogen-bond donors (Lipinski definition) is 2. The fourth-order valence-electron chi connectivity index (χ4n) is 2.35. The van der Waals surface area contributed by atoms with E-state index in [9.17, 15) is 0 Å². The van der Waals surface area contributed by atoms with E-state index in [1.54, 1.807) is 7.11 Å². The van der Waals surface area contributed by atoms with Crippen LogP contribution in [0.25, 0.3) is 0 Å². The Balaban J connectivity index is 3.25. The molecule has 1 atom stereocenters. The molecule has 1 unspecified atom stereocenters. The van der Waals surface area contributed by atoms with E-state index in [2.05, 4.69) is 44.8 Å². The molecule has 0 bridgehead atoms. The van der Waals surface area contributed by atoms with Crippen LogP contribution in [0.3, 0.4) is 0 Å². The van der Waals surface area contributed by atoms with Crippen molar-refractivity contribution in [2.75, 3.05) is 19.9 Å². The maximum Gasteiger partial charge on any atom is 0.124 e. The summed E-state index contributed by atoms with van der Waals surface area (Å²) in [5, 5.41) is 3.36. The summed E-state index contributed by atoms with van der Waals surface area (Å²) in [6, 6.07) is 2.60. The molecule has 0 saturated heterocycles. The van der Waals surface area contributed by atoms with Crippen molar-refractivity contribution >= 4 is 12.6 Å². The number of methoxy groups -OCH3 is 1. The minimum atomic E-state index is 0.371. The van der Waals surface area contributed by atoms with E-state index in [0.29, 0.717) is 6.04 Å². The summed E-state index contributed by atoms with van der Waals surface area (Å²) >= 11 is 4.32. The Morgan fingerprint density at radius 2 is 1.94 bits per heavy atom. The van der Waals surface area contributed by atoms with E-state index < -0.39 is 0 Å². The van der Waals surface area contributed by atoms with E-state index >= 15 is 0 Å². The van der Waals surface area contributed by atoms with Crippen molar-refractivity contribution in [3.8, 4) is 5.75 Å². The standard InChI is InChI=1S/C14H23NOS/c1-9-8-12(13(15-4)6-7-17)10(2)11(3)14(9)16-5/h8,13,15,17H,6-7H2,1-5H3. The predicted molar refractivity (Wildman–Crippen MR) is 77.5 cm³/mol. The van der Waals surface area contributed by atoms with Crippen molar-refractivity contribution in [1.82, 2.24) is 5.32 Å². The molecule has 0 saturated carbocycles. The highest BCUT2D eigenvalue weighted by Crippen LogP contribution is 2.32. The van der Waals surface area contributed by atoms with E-state index in [1.807, 2.05) is 7.05 Å². The first kappa shape index (κ1) is 14.4. The Bertz CT molecular complexity index is 390. The van der Waals surface area contributed by atoms with Crippen molar-refractivity contribution in [3.05, 3.63) is 28.3 Å². The molecule has 1 N–H and O–H groups in total. The van der Waals surface area contributed by atoms with Gasteiger partial charge in [-0.2, -0.15) is 12.6 Å². The number of aryl methyl sites for hydroxylation is 1. The lowest BCUT2D eigenvalue weighted by Crippen LogP contribution is -2.18. The Kier molecular flexibility index (Phi) is 5.34. The molecule has 17 heavy (non-hydrogen) atoms. The molecule has 0 amide bonds. The second kappa shape index (κ2) is 6.31. The summed E-state index contributed by atoms with van der Waals surface area (Å²) in [7, 11) is 3.74. The number of rotatable bonds is 5. The normalized spacial score (nSPS) is 12.6. The fraction of sp³-hybridized carbons (Fsp3) is 0.571. The van der Waals surface area contributed by atoms with Gasteiger partial charge in [-0.05, 0) is 62.2 Å². The van der Waals surface area contributed by atoms with Crippen LogP contribution in [0, 0.1) is 20.8 Å².